The van der Waals surface area contributed by atoms with E-state index in [1.807, 2.05) is 0 Å². The number of rotatable bonds is 4. The minimum absolute atomic E-state index is 0.309. The summed E-state index contributed by atoms with van der Waals surface area (Å²) >= 11 is 0. The molecule has 3 spiro atoms. The highest BCUT2D eigenvalue weighted by molar-refractivity contribution is 7.01. The highest BCUT2D eigenvalue weighted by Crippen LogP contribution is 2.68. The van der Waals surface area contributed by atoms with Crippen LogP contribution in [0.15, 0.2) is 376 Å². The van der Waals surface area contributed by atoms with Crippen LogP contribution in [0.3, 0.4) is 0 Å². The van der Waals surface area contributed by atoms with E-state index in [1.54, 1.807) is 0 Å². The van der Waals surface area contributed by atoms with Crippen molar-refractivity contribution in [2.24, 2.45) is 0 Å². The first-order valence-electron chi connectivity index (χ1n) is 38.4. The molecule has 500 valence electrons. The molecule has 0 saturated carbocycles. The van der Waals surface area contributed by atoms with Crippen LogP contribution in [0.1, 0.15) is 66.8 Å². The van der Waals surface area contributed by atoms with Gasteiger partial charge in [0.25, 0.3) is 6.71 Å². The fourth-order valence-corrected chi connectivity index (χ4v) is 22.8. The molecule has 3 heterocycles. The molecule has 1 aromatic heterocycles. The molecule has 6 aliphatic carbocycles. The number of nitrogens with zero attached hydrogens (tertiary/aromatic N) is 3. The van der Waals surface area contributed by atoms with Gasteiger partial charge < -0.3 is 14.4 Å². The minimum Gasteiger partial charge on any atom is -0.311 e. The molecular formula is C105H62BN3. The first-order valence-corrected chi connectivity index (χ1v) is 38.4. The van der Waals surface area contributed by atoms with Crippen molar-refractivity contribution in [2.45, 2.75) is 16.2 Å². The van der Waals surface area contributed by atoms with E-state index in [1.165, 1.54) is 177 Å². The molecule has 18 aromatic rings. The summed E-state index contributed by atoms with van der Waals surface area (Å²) in [7, 11) is 0. The second-order valence-electron chi connectivity index (χ2n) is 31.1. The van der Waals surface area contributed by atoms with E-state index in [9.17, 15) is 0 Å². The van der Waals surface area contributed by atoms with Gasteiger partial charge in [-0.05, 0) is 222 Å². The number of benzene rings is 17. The number of hydrogen-bond acceptors (Lipinski definition) is 2. The van der Waals surface area contributed by atoms with E-state index >= 15 is 0 Å². The van der Waals surface area contributed by atoms with Gasteiger partial charge in [0.15, 0.2) is 0 Å². The Labute approximate surface area is 631 Å². The maximum atomic E-state index is 2.75. The molecule has 0 N–H and O–H groups in total. The average Bonchev–Trinajstić information content (AvgIpc) is 1.56. The molecule has 8 aliphatic rings. The molecule has 4 heteroatoms. The summed E-state index contributed by atoms with van der Waals surface area (Å²) in [6.07, 6.45) is 0. The van der Waals surface area contributed by atoms with Crippen LogP contribution in [0, 0.1) is 0 Å². The van der Waals surface area contributed by atoms with Gasteiger partial charge in [0, 0.05) is 44.9 Å². The highest BCUT2D eigenvalue weighted by atomic mass is 15.2. The van der Waals surface area contributed by atoms with Crippen LogP contribution in [0.4, 0.5) is 34.1 Å². The summed E-state index contributed by atoms with van der Waals surface area (Å²) in [6, 6.07) is 146. The van der Waals surface area contributed by atoms with Gasteiger partial charge in [-0.3, -0.25) is 0 Å². The molecule has 0 amide bonds. The Morgan fingerprint density at radius 3 is 0.954 bits per heavy atom. The number of anilines is 6. The predicted octanol–water partition coefficient (Wildman–Crippen LogP) is 23.6. The van der Waals surface area contributed by atoms with E-state index in [0.717, 1.165) is 45.2 Å². The topological polar surface area (TPSA) is 11.4 Å². The molecule has 17 aromatic carbocycles. The van der Waals surface area contributed by atoms with Gasteiger partial charge in [-0.2, -0.15) is 0 Å². The molecule has 0 atom stereocenters. The molecule has 0 fully saturated rings. The zero-order chi connectivity index (χ0) is 70.7. The normalized spacial score (nSPS) is 15.0. The Bertz CT molecular complexity index is 6910. The fraction of sp³-hybridized carbons (Fsp3) is 0.0286. The van der Waals surface area contributed by atoms with Crippen LogP contribution in [-0.2, 0) is 16.2 Å². The third-order valence-corrected chi connectivity index (χ3v) is 26.6. The van der Waals surface area contributed by atoms with Crippen LogP contribution >= 0.6 is 0 Å². The monoisotopic (exact) mass is 1380 g/mol. The molecule has 2 aliphatic heterocycles. The van der Waals surface area contributed by atoms with Gasteiger partial charge in [0.1, 0.15) is 0 Å². The van der Waals surface area contributed by atoms with Gasteiger partial charge in [-0.25, -0.2) is 0 Å². The quantitative estimate of drug-likeness (QED) is 0.163. The first-order chi connectivity index (χ1) is 54.1. The Balaban J connectivity index is 0.838. The van der Waals surface area contributed by atoms with Gasteiger partial charge >= 0.3 is 0 Å². The van der Waals surface area contributed by atoms with Gasteiger partial charge in [-0.15, -0.1) is 0 Å². The number of hydrogen-bond donors (Lipinski definition) is 0. The van der Waals surface area contributed by atoms with Crippen molar-refractivity contribution in [3.63, 3.8) is 0 Å². The zero-order valence-electron chi connectivity index (χ0n) is 59.2. The van der Waals surface area contributed by atoms with Crippen molar-refractivity contribution in [3.05, 3.63) is 443 Å². The maximum absolute atomic E-state index is 2.75. The fourth-order valence-electron chi connectivity index (χ4n) is 22.8. The lowest BCUT2D eigenvalue weighted by Crippen LogP contribution is -2.63. The number of aromatic nitrogens is 1. The van der Waals surface area contributed by atoms with Crippen LogP contribution in [-0.4, -0.2) is 11.3 Å². The zero-order valence-corrected chi connectivity index (χ0v) is 59.2. The summed E-state index contributed by atoms with van der Waals surface area (Å²) in [4.78, 5) is 5.46. The Morgan fingerprint density at radius 2 is 0.532 bits per heavy atom. The van der Waals surface area contributed by atoms with E-state index in [2.05, 4.69) is 390 Å². The molecule has 0 unspecified atom stereocenters. The van der Waals surface area contributed by atoms with Gasteiger partial charge in [0.05, 0.1) is 33.0 Å². The molecule has 26 rings (SSSR count). The summed E-state index contributed by atoms with van der Waals surface area (Å²) in [5, 5.41) is 2.44. The second kappa shape index (κ2) is 20.8. The van der Waals surface area contributed by atoms with E-state index < -0.39 is 16.2 Å². The van der Waals surface area contributed by atoms with Crippen LogP contribution in [0.25, 0.3) is 105 Å². The van der Waals surface area contributed by atoms with E-state index in [4.69, 9.17) is 0 Å². The SMILES string of the molecule is c1ccc(-c2ccc3c(c2)B2c4c(cc(-n5c6ccccc6c6ccccc65)cc4N(c4ccc5c(c4)C4(c6ccccc6-c6ccccc64)c4ccccc4-5)c4ccc5c(c42)C2(c4ccccc4-c4ccccc42)c2ccccc2-5)N3c2ccc3c(c2)C2(c4ccccc4-c4ccccc42)c2ccccc2-3)cc1. The third kappa shape index (κ3) is 6.96. The van der Waals surface area contributed by atoms with Gasteiger partial charge in [-0.1, -0.05) is 315 Å². The summed E-state index contributed by atoms with van der Waals surface area (Å²) in [6.45, 7) is -0.309. The largest absolute Gasteiger partial charge is 0.311 e. The lowest BCUT2D eigenvalue weighted by atomic mass is 9.32. The van der Waals surface area contributed by atoms with Crippen LogP contribution in [0.5, 0.6) is 0 Å². The van der Waals surface area contributed by atoms with E-state index in [0.29, 0.717) is 0 Å². The lowest BCUT2D eigenvalue weighted by molar-refractivity contribution is 0.793. The lowest BCUT2D eigenvalue weighted by Gasteiger charge is -2.46. The number of fused-ring (bicyclic) bond motifs is 38. The van der Waals surface area contributed by atoms with Crippen molar-refractivity contribution >= 4 is 79.0 Å². The van der Waals surface area contributed by atoms with E-state index in [-0.39, 0.29) is 6.71 Å². The van der Waals surface area contributed by atoms with Crippen molar-refractivity contribution in [1.29, 1.82) is 0 Å². The standard InChI is InChI=1S/C105H62BN3/c1-2-26-63(27-3-1)64-50-56-96-93(58-64)106-101-98(107(96)65-51-53-77-74-34-8-19-43-86(74)103(91(77)59-65)82-39-15-4-28-68(82)69-29-5-16-40-83(69)103)61-67(109-94-48-24-13-37-79(94)80-38-14-25-49-95(80)109)62-99(101)108(66-52-54-78-75-35-9-20-44-87(75)104(92(78)60-66)84-41-17-6-30-70(84)71-31-7-18-42-85(71)104)97-57-55-81-76-36-12-23-47-90(76)105(100(81)102(97)106)88-45-21-10-32-72(88)73-33-11-22-46-89(73)105/h1-62H. The molecule has 109 heavy (non-hydrogen) atoms. The Hall–Kier alpha value is -13.8. The summed E-state index contributed by atoms with van der Waals surface area (Å²) < 4.78 is 2.57. The summed E-state index contributed by atoms with van der Waals surface area (Å²) in [5.41, 5.74) is 45.8. The third-order valence-electron chi connectivity index (χ3n) is 26.6. The smallest absolute Gasteiger partial charge is 0.252 e. The average molecular weight is 1380 g/mol. The molecule has 0 bridgehead atoms. The van der Waals surface area contributed by atoms with Gasteiger partial charge in [0.2, 0.25) is 0 Å². The van der Waals surface area contributed by atoms with Crippen molar-refractivity contribution in [3.8, 4) is 83.6 Å². The second-order valence-corrected chi connectivity index (χ2v) is 31.1. The van der Waals surface area contributed by atoms with Crippen molar-refractivity contribution in [2.75, 3.05) is 9.80 Å². The Kier molecular flexibility index (Phi) is 11.2. The molecular weight excluding hydrogens is 1310 g/mol. The molecule has 0 saturated heterocycles. The minimum atomic E-state index is -0.705. The first kappa shape index (κ1) is 58.5. The van der Waals surface area contributed by atoms with Crippen LogP contribution in [0.2, 0.25) is 0 Å². The molecule has 3 nitrogen and oxygen atoms in total. The van der Waals surface area contributed by atoms with Crippen molar-refractivity contribution in [1.82, 2.24) is 4.57 Å². The number of para-hydroxylation sites is 2. The molecule has 0 radical (unpaired) electrons. The van der Waals surface area contributed by atoms with Crippen LogP contribution < -0.4 is 26.2 Å². The summed E-state index contributed by atoms with van der Waals surface area (Å²) in [5.74, 6) is 0. The maximum Gasteiger partial charge on any atom is 0.252 e. The predicted molar refractivity (Wildman–Crippen MR) is 449 cm³/mol. The highest BCUT2D eigenvalue weighted by Gasteiger charge is 2.59. The Morgan fingerprint density at radius 1 is 0.202 bits per heavy atom. The van der Waals surface area contributed by atoms with Crippen molar-refractivity contribution < 1.29 is 0 Å².